The number of hydrogen-bond acceptors (Lipinski definition) is 6. The number of amides is 3. The number of aromatic carboxylic acids is 1. The van der Waals surface area contributed by atoms with Crippen LogP contribution in [-0.4, -0.2) is 41.7 Å². The zero-order valence-corrected chi connectivity index (χ0v) is 24.2. The van der Waals surface area contributed by atoms with Gasteiger partial charge in [0.1, 0.15) is 11.4 Å². The fourth-order valence-electron chi connectivity index (χ4n) is 3.90. The van der Waals surface area contributed by atoms with Gasteiger partial charge in [-0.3, -0.25) is 14.4 Å². The molecule has 10 heteroatoms. The maximum absolute atomic E-state index is 13.4. The van der Waals surface area contributed by atoms with E-state index in [4.69, 9.17) is 4.74 Å². The summed E-state index contributed by atoms with van der Waals surface area (Å²) in [5, 5.41) is 17.5. The Morgan fingerprint density at radius 1 is 0.837 bits per heavy atom. The number of rotatable bonds is 11. The summed E-state index contributed by atoms with van der Waals surface area (Å²) in [5.41, 5.74) is 2.84. The van der Waals surface area contributed by atoms with Crippen LogP contribution in [0.5, 0.6) is 5.75 Å². The molecule has 4 rings (SSSR count). The highest BCUT2D eigenvalue weighted by Gasteiger charge is 2.16. The second-order valence-corrected chi connectivity index (χ2v) is 10.4. The molecule has 0 heterocycles. The molecule has 0 bridgehead atoms. The summed E-state index contributed by atoms with van der Waals surface area (Å²) in [6, 6.07) is 27.1. The van der Waals surface area contributed by atoms with E-state index in [1.165, 1.54) is 23.9 Å². The van der Waals surface area contributed by atoms with Crippen molar-refractivity contribution in [3.63, 3.8) is 0 Å². The van der Waals surface area contributed by atoms with Gasteiger partial charge in [0.25, 0.3) is 11.8 Å². The minimum absolute atomic E-state index is 0.0374. The van der Waals surface area contributed by atoms with E-state index in [1.807, 2.05) is 0 Å². The number of carboxylic acid groups (broad SMARTS) is 1. The average molecular weight is 596 g/mol. The largest absolute Gasteiger partial charge is 0.497 e. The van der Waals surface area contributed by atoms with E-state index in [0.29, 0.717) is 28.3 Å². The molecule has 9 nitrogen and oxygen atoms in total. The predicted octanol–water partition coefficient (Wildman–Crippen LogP) is 5.84. The van der Waals surface area contributed by atoms with Crippen LogP contribution in [0.4, 0.5) is 11.4 Å². The van der Waals surface area contributed by atoms with Gasteiger partial charge in [0.15, 0.2) is 0 Å². The molecule has 0 aliphatic heterocycles. The minimum Gasteiger partial charge on any atom is -0.497 e. The second kappa shape index (κ2) is 14.5. The lowest BCUT2D eigenvalue weighted by atomic mass is 10.1. The Morgan fingerprint density at radius 2 is 1.58 bits per heavy atom. The first kappa shape index (κ1) is 30.6. The fraction of sp³-hybridized carbons (Fsp3) is 0.0909. The molecule has 0 spiro atoms. The quantitative estimate of drug-likeness (QED) is 0.126. The minimum atomic E-state index is -1.08. The first-order valence-corrected chi connectivity index (χ1v) is 14.1. The van der Waals surface area contributed by atoms with Gasteiger partial charge in [-0.25, -0.2) is 4.79 Å². The normalized spacial score (nSPS) is 10.9. The van der Waals surface area contributed by atoms with E-state index in [9.17, 15) is 24.3 Å². The van der Waals surface area contributed by atoms with E-state index in [-0.39, 0.29) is 22.9 Å². The highest BCUT2D eigenvalue weighted by molar-refractivity contribution is 8.00. The summed E-state index contributed by atoms with van der Waals surface area (Å²) in [7, 11) is 1.56. The molecule has 0 fully saturated rings. The number of hydrogen-bond donors (Lipinski definition) is 4. The number of anilines is 2. The van der Waals surface area contributed by atoms with Crippen molar-refractivity contribution in [2.24, 2.45) is 0 Å². The lowest BCUT2D eigenvalue weighted by Crippen LogP contribution is -2.30. The van der Waals surface area contributed by atoms with Gasteiger partial charge >= 0.3 is 5.97 Å². The average Bonchev–Trinajstić information content (AvgIpc) is 3.01. The number of carboxylic acids is 1. The molecule has 0 atom stereocenters. The maximum Gasteiger partial charge on any atom is 0.335 e. The van der Waals surface area contributed by atoms with Gasteiger partial charge in [0.05, 0.1) is 18.4 Å². The summed E-state index contributed by atoms with van der Waals surface area (Å²) in [4.78, 5) is 50.8. The zero-order chi connectivity index (χ0) is 30.8. The highest BCUT2D eigenvalue weighted by Crippen LogP contribution is 2.24. The fourth-order valence-corrected chi connectivity index (χ4v) is 4.65. The van der Waals surface area contributed by atoms with Crippen LogP contribution in [0.1, 0.15) is 31.8 Å². The van der Waals surface area contributed by atoms with Crippen molar-refractivity contribution in [2.45, 2.75) is 11.8 Å². The van der Waals surface area contributed by atoms with Crippen LogP contribution in [-0.2, 0) is 9.59 Å². The molecular weight excluding hydrogens is 566 g/mol. The molecule has 0 radical (unpaired) electrons. The number of aryl methyl sites for hydroxylation is 1. The van der Waals surface area contributed by atoms with Crippen LogP contribution in [0.25, 0.3) is 6.08 Å². The van der Waals surface area contributed by atoms with Gasteiger partial charge in [0.2, 0.25) is 5.91 Å². The van der Waals surface area contributed by atoms with Crippen molar-refractivity contribution in [2.75, 3.05) is 23.5 Å². The molecular formula is C33H29N3O6S. The number of benzene rings is 4. The van der Waals surface area contributed by atoms with Gasteiger partial charge in [-0.2, -0.15) is 0 Å². The van der Waals surface area contributed by atoms with E-state index >= 15 is 0 Å². The Morgan fingerprint density at radius 3 is 2.28 bits per heavy atom. The molecule has 0 unspecified atom stereocenters. The van der Waals surface area contributed by atoms with E-state index in [1.54, 1.807) is 105 Å². The summed E-state index contributed by atoms with van der Waals surface area (Å²) >= 11 is 1.25. The lowest BCUT2D eigenvalue weighted by Gasteiger charge is -2.12. The molecule has 0 saturated heterocycles. The first-order chi connectivity index (χ1) is 20.7. The number of nitrogens with one attached hydrogen (secondary N) is 3. The molecule has 0 aliphatic rings. The maximum atomic E-state index is 13.4. The SMILES string of the molecule is COc1ccc(/C=C(/NC(=O)c2ccccc2)C(=O)Nc2cccc(SCC(=O)Nc3cc(C(=O)O)ccc3C)c2)cc1. The number of carbonyl (C=O) groups excluding carboxylic acids is 3. The Kier molecular flexibility index (Phi) is 10.3. The predicted molar refractivity (Wildman–Crippen MR) is 167 cm³/mol. The number of thioether (sulfide) groups is 1. The highest BCUT2D eigenvalue weighted by atomic mass is 32.2. The standard InChI is InChI=1S/C33H29N3O6S/c1-21-11-14-24(33(40)41)18-28(21)35-30(37)20-43-27-10-6-9-25(19-27)34-32(39)29(17-22-12-15-26(42-2)16-13-22)36-31(38)23-7-4-3-5-8-23/h3-19H,20H2,1-2H3,(H,34,39)(H,35,37)(H,36,38)(H,40,41)/b29-17+. The van der Waals surface area contributed by atoms with Crippen LogP contribution < -0.4 is 20.7 Å². The van der Waals surface area contributed by atoms with Crippen molar-refractivity contribution < 1.29 is 29.0 Å². The smallest absolute Gasteiger partial charge is 0.335 e. The molecule has 0 aliphatic carbocycles. The Bertz CT molecular complexity index is 1670. The van der Waals surface area contributed by atoms with Crippen molar-refractivity contribution in [1.29, 1.82) is 0 Å². The molecule has 43 heavy (non-hydrogen) atoms. The van der Waals surface area contributed by atoms with Gasteiger partial charge in [-0.05, 0) is 78.7 Å². The van der Waals surface area contributed by atoms with Crippen molar-refractivity contribution >= 4 is 52.9 Å². The topological polar surface area (TPSA) is 134 Å². The van der Waals surface area contributed by atoms with E-state index in [2.05, 4.69) is 16.0 Å². The molecule has 0 saturated carbocycles. The van der Waals surface area contributed by atoms with E-state index in [0.717, 1.165) is 10.5 Å². The van der Waals surface area contributed by atoms with Crippen LogP contribution in [0, 0.1) is 6.92 Å². The lowest BCUT2D eigenvalue weighted by molar-refractivity contribution is -0.114. The van der Waals surface area contributed by atoms with Gasteiger partial charge in [-0.15, -0.1) is 11.8 Å². The third-order valence-electron chi connectivity index (χ3n) is 6.18. The molecule has 4 N–H and O–H groups in total. The molecule has 0 aromatic heterocycles. The first-order valence-electron chi connectivity index (χ1n) is 13.1. The number of ether oxygens (including phenoxy) is 1. The second-order valence-electron chi connectivity index (χ2n) is 9.30. The van der Waals surface area contributed by atoms with Crippen molar-refractivity contribution in [3.8, 4) is 5.75 Å². The van der Waals surface area contributed by atoms with Crippen LogP contribution in [0.15, 0.2) is 108 Å². The van der Waals surface area contributed by atoms with E-state index < -0.39 is 17.8 Å². The number of carbonyl (C=O) groups is 4. The summed E-state index contributed by atoms with van der Waals surface area (Å²) in [6.45, 7) is 1.78. The monoisotopic (exact) mass is 595 g/mol. The number of methoxy groups -OCH3 is 1. The Hall–Kier alpha value is -5.35. The third-order valence-corrected chi connectivity index (χ3v) is 7.17. The summed E-state index contributed by atoms with van der Waals surface area (Å²) < 4.78 is 5.20. The van der Waals surface area contributed by atoms with Crippen LogP contribution in [0.2, 0.25) is 0 Å². The molecule has 4 aromatic carbocycles. The molecule has 218 valence electrons. The van der Waals surface area contributed by atoms with Gasteiger partial charge in [0, 0.05) is 21.8 Å². The molecule has 4 aromatic rings. The van der Waals surface area contributed by atoms with Crippen molar-refractivity contribution in [3.05, 3.63) is 125 Å². The van der Waals surface area contributed by atoms with Gasteiger partial charge in [-0.1, -0.05) is 42.5 Å². The third kappa shape index (κ3) is 8.82. The van der Waals surface area contributed by atoms with Crippen LogP contribution >= 0.6 is 11.8 Å². The Labute approximate surface area is 253 Å². The van der Waals surface area contributed by atoms with Crippen LogP contribution in [0.3, 0.4) is 0 Å². The summed E-state index contributed by atoms with van der Waals surface area (Å²) in [6.07, 6.45) is 1.57. The van der Waals surface area contributed by atoms with Gasteiger partial charge < -0.3 is 25.8 Å². The zero-order valence-electron chi connectivity index (χ0n) is 23.4. The Balaban J connectivity index is 1.45. The molecule has 3 amide bonds. The summed E-state index contributed by atoms with van der Waals surface area (Å²) in [5.74, 6) is -1.64. The van der Waals surface area contributed by atoms with Crippen molar-refractivity contribution in [1.82, 2.24) is 5.32 Å².